The van der Waals surface area contributed by atoms with Crippen molar-refractivity contribution < 1.29 is 14.6 Å². The summed E-state index contributed by atoms with van der Waals surface area (Å²) in [5.41, 5.74) is 0.729. The highest BCUT2D eigenvalue weighted by Gasteiger charge is 2.08. The summed E-state index contributed by atoms with van der Waals surface area (Å²) in [6.07, 6.45) is 0. The molecule has 1 aromatic carbocycles. The molecule has 0 aliphatic rings. The summed E-state index contributed by atoms with van der Waals surface area (Å²) in [5.74, 6) is 1.01. The number of hydrogen-bond donors (Lipinski definition) is 1. The molecule has 0 bridgehead atoms. The Kier molecular flexibility index (Phi) is 4.90. The largest absolute Gasteiger partial charge is 0.493 e. The van der Waals surface area contributed by atoms with Crippen molar-refractivity contribution in [3.05, 3.63) is 23.8 Å². The van der Waals surface area contributed by atoms with Gasteiger partial charge in [0, 0.05) is 0 Å². The third-order valence-corrected chi connectivity index (χ3v) is 2.16. The number of nitriles is 1. The Bertz CT molecular complexity index is 389. The Hall–Kier alpha value is -1.44. The Morgan fingerprint density at radius 3 is 2.81 bits per heavy atom. The molecule has 0 aromatic heterocycles. The molecular weight excluding hydrogens is 230 g/mol. The zero-order valence-electron chi connectivity index (χ0n) is 8.81. The lowest BCUT2D eigenvalue weighted by atomic mass is 10.2. The lowest BCUT2D eigenvalue weighted by Gasteiger charge is -2.11. The topological polar surface area (TPSA) is 62.5 Å². The fourth-order valence-electron chi connectivity index (χ4n) is 1.13. The van der Waals surface area contributed by atoms with Gasteiger partial charge in [-0.2, -0.15) is 5.26 Å². The van der Waals surface area contributed by atoms with Gasteiger partial charge in [-0.3, -0.25) is 0 Å². The number of methoxy groups -OCH3 is 1. The summed E-state index contributed by atoms with van der Waals surface area (Å²) in [4.78, 5) is 0. The summed E-state index contributed by atoms with van der Waals surface area (Å²) in [6, 6.07) is 6.91. The standard InChI is InChI=1S/C11H12ClNO3/c1-15-11-4-8(6-14)2-3-10(11)16-7-9(12)5-13/h2-4,9,14H,6-7H2,1H3. The monoisotopic (exact) mass is 241 g/mol. The summed E-state index contributed by atoms with van der Waals surface area (Å²) in [7, 11) is 1.51. The van der Waals surface area contributed by atoms with Gasteiger partial charge in [-0.05, 0) is 17.7 Å². The maximum atomic E-state index is 8.94. The zero-order chi connectivity index (χ0) is 12.0. The molecule has 0 fully saturated rings. The van der Waals surface area contributed by atoms with Gasteiger partial charge < -0.3 is 14.6 Å². The Morgan fingerprint density at radius 1 is 1.50 bits per heavy atom. The van der Waals surface area contributed by atoms with E-state index in [-0.39, 0.29) is 13.2 Å². The maximum absolute atomic E-state index is 8.94. The molecule has 1 aromatic rings. The normalized spacial score (nSPS) is 11.6. The van der Waals surface area contributed by atoms with Crippen LogP contribution in [0.4, 0.5) is 0 Å². The molecule has 1 unspecified atom stereocenters. The van der Waals surface area contributed by atoms with Gasteiger partial charge >= 0.3 is 0 Å². The molecule has 4 nitrogen and oxygen atoms in total. The van der Waals surface area contributed by atoms with E-state index in [1.807, 2.05) is 6.07 Å². The fourth-order valence-corrected chi connectivity index (χ4v) is 1.19. The molecular formula is C11H12ClNO3. The van der Waals surface area contributed by atoms with Crippen LogP contribution in [-0.4, -0.2) is 24.2 Å². The molecule has 1 rings (SSSR count). The third kappa shape index (κ3) is 3.30. The van der Waals surface area contributed by atoms with Crippen molar-refractivity contribution in [3.63, 3.8) is 0 Å². The predicted octanol–water partition coefficient (Wildman–Crippen LogP) is 1.70. The van der Waals surface area contributed by atoms with Crippen molar-refractivity contribution in [2.24, 2.45) is 0 Å². The van der Waals surface area contributed by atoms with Crippen LogP contribution >= 0.6 is 11.6 Å². The average Bonchev–Trinajstić information content (AvgIpc) is 2.35. The molecule has 5 heteroatoms. The van der Waals surface area contributed by atoms with Gasteiger partial charge in [0.1, 0.15) is 6.61 Å². The number of benzene rings is 1. The van der Waals surface area contributed by atoms with Crippen LogP contribution in [0, 0.1) is 11.3 Å². The van der Waals surface area contributed by atoms with Gasteiger partial charge in [0.2, 0.25) is 0 Å². The first kappa shape index (κ1) is 12.6. The minimum absolute atomic E-state index is 0.0625. The number of ether oxygens (including phenoxy) is 2. The van der Waals surface area contributed by atoms with Crippen molar-refractivity contribution in [3.8, 4) is 17.6 Å². The van der Waals surface area contributed by atoms with Crippen LogP contribution in [0.25, 0.3) is 0 Å². The Balaban J connectivity index is 2.76. The highest BCUT2D eigenvalue weighted by atomic mass is 35.5. The number of hydrogen-bond acceptors (Lipinski definition) is 4. The second-order valence-corrected chi connectivity index (χ2v) is 3.58. The molecule has 0 aliphatic heterocycles. The van der Waals surface area contributed by atoms with E-state index in [0.717, 1.165) is 5.56 Å². The first-order chi connectivity index (χ1) is 7.71. The van der Waals surface area contributed by atoms with E-state index in [1.54, 1.807) is 18.2 Å². The van der Waals surface area contributed by atoms with Gasteiger partial charge in [0.05, 0.1) is 19.8 Å². The lowest BCUT2D eigenvalue weighted by Crippen LogP contribution is -2.09. The van der Waals surface area contributed by atoms with Gasteiger partial charge in [0.25, 0.3) is 0 Å². The van der Waals surface area contributed by atoms with Crippen LogP contribution in [0.1, 0.15) is 5.56 Å². The van der Waals surface area contributed by atoms with Gasteiger partial charge in [0.15, 0.2) is 16.9 Å². The van der Waals surface area contributed by atoms with E-state index in [1.165, 1.54) is 7.11 Å². The highest BCUT2D eigenvalue weighted by Crippen LogP contribution is 2.28. The molecule has 0 aliphatic carbocycles. The number of halogens is 1. The highest BCUT2D eigenvalue weighted by molar-refractivity contribution is 6.22. The van der Waals surface area contributed by atoms with Crippen molar-refractivity contribution in [1.82, 2.24) is 0 Å². The van der Waals surface area contributed by atoms with Crippen LogP contribution in [0.15, 0.2) is 18.2 Å². The van der Waals surface area contributed by atoms with Crippen LogP contribution < -0.4 is 9.47 Å². The molecule has 0 amide bonds. The van der Waals surface area contributed by atoms with Gasteiger partial charge in [-0.1, -0.05) is 6.07 Å². The fraction of sp³-hybridized carbons (Fsp3) is 0.364. The van der Waals surface area contributed by atoms with Gasteiger partial charge in [-0.25, -0.2) is 0 Å². The Morgan fingerprint density at radius 2 is 2.25 bits per heavy atom. The number of alkyl halides is 1. The van der Waals surface area contributed by atoms with Crippen LogP contribution in [-0.2, 0) is 6.61 Å². The lowest BCUT2D eigenvalue weighted by molar-refractivity contribution is 0.278. The first-order valence-corrected chi connectivity index (χ1v) is 5.09. The average molecular weight is 242 g/mol. The molecule has 1 N–H and O–H groups in total. The maximum Gasteiger partial charge on any atom is 0.161 e. The number of nitrogens with zero attached hydrogens (tertiary/aromatic N) is 1. The number of aliphatic hydroxyl groups is 1. The molecule has 0 saturated heterocycles. The van der Waals surface area contributed by atoms with Crippen molar-refractivity contribution in [1.29, 1.82) is 5.26 Å². The molecule has 1 atom stereocenters. The van der Waals surface area contributed by atoms with Crippen molar-refractivity contribution in [2.45, 2.75) is 12.0 Å². The molecule has 0 heterocycles. The van der Waals surface area contributed by atoms with E-state index in [0.29, 0.717) is 11.5 Å². The van der Waals surface area contributed by atoms with E-state index in [2.05, 4.69) is 0 Å². The molecule has 0 saturated carbocycles. The summed E-state index contributed by atoms with van der Waals surface area (Å²) in [6.45, 7) is 0.0276. The van der Waals surface area contributed by atoms with Crippen molar-refractivity contribution >= 4 is 11.6 Å². The summed E-state index contributed by atoms with van der Waals surface area (Å²) in [5, 5.41) is 16.7. The minimum Gasteiger partial charge on any atom is -0.493 e. The third-order valence-electron chi connectivity index (χ3n) is 1.94. The first-order valence-electron chi connectivity index (χ1n) is 4.65. The second-order valence-electron chi connectivity index (χ2n) is 3.05. The van der Waals surface area contributed by atoms with Gasteiger partial charge in [-0.15, -0.1) is 11.6 Å². The zero-order valence-corrected chi connectivity index (χ0v) is 9.57. The van der Waals surface area contributed by atoms with E-state index < -0.39 is 5.38 Å². The van der Waals surface area contributed by atoms with Crippen LogP contribution in [0.5, 0.6) is 11.5 Å². The van der Waals surface area contributed by atoms with E-state index in [4.69, 9.17) is 31.4 Å². The van der Waals surface area contributed by atoms with E-state index >= 15 is 0 Å². The predicted molar refractivity (Wildman–Crippen MR) is 59.7 cm³/mol. The summed E-state index contributed by atoms with van der Waals surface area (Å²) >= 11 is 5.60. The quantitative estimate of drug-likeness (QED) is 0.797. The Labute approximate surface area is 99.0 Å². The number of aliphatic hydroxyl groups excluding tert-OH is 1. The van der Waals surface area contributed by atoms with E-state index in [9.17, 15) is 0 Å². The summed E-state index contributed by atoms with van der Waals surface area (Å²) < 4.78 is 10.4. The minimum atomic E-state index is -0.692. The smallest absolute Gasteiger partial charge is 0.161 e. The molecule has 86 valence electrons. The SMILES string of the molecule is COc1cc(CO)ccc1OCC(Cl)C#N. The number of rotatable bonds is 5. The van der Waals surface area contributed by atoms with Crippen LogP contribution in [0.2, 0.25) is 0 Å². The van der Waals surface area contributed by atoms with Crippen molar-refractivity contribution in [2.75, 3.05) is 13.7 Å². The second kappa shape index (κ2) is 6.21. The van der Waals surface area contributed by atoms with Crippen LogP contribution in [0.3, 0.4) is 0 Å². The molecule has 0 radical (unpaired) electrons. The molecule has 16 heavy (non-hydrogen) atoms. The molecule has 0 spiro atoms.